The molecule has 1 aromatic heterocycles. The number of carbonyl (C=O) groups is 1. The minimum atomic E-state index is -1.86. The van der Waals surface area contributed by atoms with Crippen molar-refractivity contribution in [1.29, 1.82) is 0 Å². The van der Waals surface area contributed by atoms with Crippen molar-refractivity contribution in [2.24, 2.45) is 0 Å². The van der Waals surface area contributed by atoms with Crippen LogP contribution in [0.15, 0.2) is 24.3 Å². The molecule has 0 saturated carbocycles. The monoisotopic (exact) mass is 305 g/mol. The van der Waals surface area contributed by atoms with E-state index >= 15 is 0 Å². The molecule has 21 heavy (non-hydrogen) atoms. The Morgan fingerprint density at radius 2 is 1.86 bits per heavy atom. The van der Waals surface area contributed by atoms with Gasteiger partial charge in [-0.2, -0.15) is 0 Å². The number of methoxy groups -OCH3 is 1. The summed E-state index contributed by atoms with van der Waals surface area (Å²) >= 11 is 0. The van der Waals surface area contributed by atoms with Gasteiger partial charge >= 0.3 is 5.97 Å². The molecule has 4 nitrogen and oxygen atoms in total. The Hall–Kier alpha value is -1.75. The fourth-order valence-corrected chi connectivity index (χ4v) is 2.86. The standard InChI is InChI=1S/C16H23NO3Si/c1-16(2,3)21(5,6)20-12-8-7-11-9-14(15(18)19-4)17-13(11)10-12/h7-10,17H,1-6H3. The second-order valence-corrected chi connectivity index (χ2v) is 11.5. The number of fused-ring (bicyclic) bond motifs is 1. The van der Waals surface area contributed by atoms with E-state index in [-0.39, 0.29) is 11.0 Å². The molecule has 1 N–H and O–H groups in total. The molecule has 0 saturated heterocycles. The lowest BCUT2D eigenvalue weighted by Gasteiger charge is -2.36. The molecule has 1 heterocycles. The summed E-state index contributed by atoms with van der Waals surface area (Å²) in [5.74, 6) is 0.477. The lowest BCUT2D eigenvalue weighted by atomic mass is 10.2. The Labute approximate surface area is 126 Å². The van der Waals surface area contributed by atoms with E-state index in [9.17, 15) is 4.79 Å². The minimum Gasteiger partial charge on any atom is -0.543 e. The topological polar surface area (TPSA) is 51.3 Å². The third kappa shape index (κ3) is 3.13. The number of carbonyl (C=O) groups excluding carboxylic acids is 1. The summed E-state index contributed by atoms with van der Waals surface area (Å²) in [7, 11) is -0.486. The Morgan fingerprint density at radius 1 is 1.19 bits per heavy atom. The maximum atomic E-state index is 11.6. The summed E-state index contributed by atoms with van der Waals surface area (Å²) in [5, 5.41) is 1.12. The van der Waals surface area contributed by atoms with Crippen molar-refractivity contribution in [3.63, 3.8) is 0 Å². The Kier molecular flexibility index (Phi) is 3.89. The van der Waals surface area contributed by atoms with E-state index in [0.717, 1.165) is 16.7 Å². The number of hydrogen-bond acceptors (Lipinski definition) is 3. The van der Waals surface area contributed by atoms with E-state index in [1.54, 1.807) is 6.07 Å². The first-order chi connectivity index (χ1) is 9.64. The first-order valence-corrected chi connectivity index (χ1v) is 9.95. The van der Waals surface area contributed by atoms with Gasteiger partial charge in [0.25, 0.3) is 0 Å². The largest absolute Gasteiger partial charge is 0.543 e. The molecule has 0 radical (unpaired) electrons. The normalized spacial score (nSPS) is 12.5. The molecular formula is C16H23NO3Si. The van der Waals surface area contributed by atoms with Crippen LogP contribution in [-0.4, -0.2) is 26.4 Å². The van der Waals surface area contributed by atoms with E-state index < -0.39 is 8.32 Å². The van der Waals surface area contributed by atoms with Crippen LogP contribution in [0.1, 0.15) is 31.3 Å². The summed E-state index contributed by atoms with van der Waals surface area (Å²) in [5.41, 5.74) is 1.34. The summed E-state index contributed by atoms with van der Waals surface area (Å²) in [6.45, 7) is 11.1. The molecule has 114 valence electrons. The van der Waals surface area contributed by atoms with Crippen LogP contribution in [0.4, 0.5) is 0 Å². The van der Waals surface area contributed by atoms with Gasteiger partial charge in [-0.3, -0.25) is 0 Å². The second-order valence-electron chi connectivity index (χ2n) is 6.79. The number of aromatic amines is 1. The Balaban J connectivity index is 2.33. The molecule has 0 atom stereocenters. The van der Waals surface area contributed by atoms with Crippen molar-refractivity contribution in [2.75, 3.05) is 7.11 Å². The average Bonchev–Trinajstić information content (AvgIpc) is 2.79. The van der Waals surface area contributed by atoms with E-state index in [2.05, 4.69) is 38.8 Å². The van der Waals surface area contributed by atoms with Crippen LogP contribution in [0.5, 0.6) is 5.75 Å². The molecular weight excluding hydrogens is 282 g/mol. The van der Waals surface area contributed by atoms with Crippen LogP contribution in [0.3, 0.4) is 0 Å². The van der Waals surface area contributed by atoms with Crippen molar-refractivity contribution in [1.82, 2.24) is 4.98 Å². The smallest absolute Gasteiger partial charge is 0.354 e. The highest BCUT2D eigenvalue weighted by atomic mass is 28.4. The number of ether oxygens (including phenoxy) is 1. The number of benzene rings is 1. The highest BCUT2D eigenvalue weighted by Crippen LogP contribution is 2.37. The molecule has 1 aromatic carbocycles. The summed E-state index contributed by atoms with van der Waals surface area (Å²) < 4.78 is 11.0. The first kappa shape index (κ1) is 15.6. The lowest BCUT2D eigenvalue weighted by molar-refractivity contribution is 0.0595. The SMILES string of the molecule is COC(=O)c1cc2ccc(O[Si](C)(C)C(C)(C)C)cc2[nH]1. The van der Waals surface area contributed by atoms with Gasteiger partial charge in [-0.1, -0.05) is 20.8 Å². The third-order valence-corrected chi connectivity index (χ3v) is 8.54. The van der Waals surface area contributed by atoms with Crippen LogP contribution in [-0.2, 0) is 4.74 Å². The molecule has 2 rings (SSSR count). The maximum Gasteiger partial charge on any atom is 0.354 e. The van der Waals surface area contributed by atoms with Gasteiger partial charge in [0.2, 0.25) is 8.32 Å². The zero-order chi connectivity index (χ0) is 15.8. The summed E-state index contributed by atoms with van der Waals surface area (Å²) in [6, 6.07) is 7.65. The quantitative estimate of drug-likeness (QED) is 0.678. The van der Waals surface area contributed by atoms with E-state index in [1.807, 2.05) is 18.2 Å². The zero-order valence-electron chi connectivity index (χ0n) is 13.5. The highest BCUT2D eigenvalue weighted by molar-refractivity contribution is 6.74. The molecule has 0 bridgehead atoms. The first-order valence-electron chi connectivity index (χ1n) is 7.04. The van der Waals surface area contributed by atoms with Crippen molar-refractivity contribution in [3.05, 3.63) is 30.0 Å². The molecule has 0 fully saturated rings. The summed E-state index contributed by atoms with van der Waals surface area (Å²) in [4.78, 5) is 14.6. The van der Waals surface area contributed by atoms with Gasteiger partial charge < -0.3 is 14.1 Å². The molecule has 0 aliphatic rings. The van der Waals surface area contributed by atoms with Crippen molar-refractivity contribution >= 4 is 25.2 Å². The number of rotatable bonds is 3. The van der Waals surface area contributed by atoms with Gasteiger partial charge in [-0.25, -0.2) is 4.79 Å². The average molecular weight is 305 g/mol. The van der Waals surface area contributed by atoms with Gasteiger partial charge in [0.15, 0.2) is 0 Å². The van der Waals surface area contributed by atoms with Gasteiger partial charge in [-0.05, 0) is 36.3 Å². The van der Waals surface area contributed by atoms with Gasteiger partial charge in [0.05, 0.1) is 7.11 Å². The number of H-pyrrole nitrogens is 1. The van der Waals surface area contributed by atoms with Gasteiger partial charge in [0.1, 0.15) is 11.4 Å². The van der Waals surface area contributed by atoms with Crippen molar-refractivity contribution in [2.45, 2.75) is 38.9 Å². The number of aromatic nitrogens is 1. The van der Waals surface area contributed by atoms with Crippen LogP contribution in [0.25, 0.3) is 10.9 Å². The predicted octanol–water partition coefficient (Wildman–Crippen LogP) is 4.34. The Bertz CT molecular complexity index is 668. The number of hydrogen-bond donors (Lipinski definition) is 1. The molecule has 0 spiro atoms. The van der Waals surface area contributed by atoms with E-state index in [0.29, 0.717) is 5.69 Å². The number of esters is 1. The maximum absolute atomic E-state index is 11.6. The van der Waals surface area contributed by atoms with E-state index in [4.69, 9.17) is 9.16 Å². The number of nitrogens with one attached hydrogen (secondary N) is 1. The zero-order valence-corrected chi connectivity index (χ0v) is 14.5. The van der Waals surface area contributed by atoms with Gasteiger partial charge in [-0.15, -0.1) is 0 Å². The van der Waals surface area contributed by atoms with Crippen LogP contribution in [0, 0.1) is 0 Å². The molecule has 2 aromatic rings. The molecule has 0 aliphatic carbocycles. The fraction of sp³-hybridized carbons (Fsp3) is 0.438. The summed E-state index contributed by atoms with van der Waals surface area (Å²) in [6.07, 6.45) is 0. The second kappa shape index (κ2) is 5.22. The lowest BCUT2D eigenvalue weighted by Crippen LogP contribution is -2.43. The molecule has 0 aliphatic heterocycles. The fourth-order valence-electron chi connectivity index (χ4n) is 1.84. The predicted molar refractivity (Wildman–Crippen MR) is 87.5 cm³/mol. The molecule has 0 unspecified atom stereocenters. The Morgan fingerprint density at radius 3 is 2.43 bits per heavy atom. The van der Waals surface area contributed by atoms with Crippen LogP contribution >= 0.6 is 0 Å². The van der Waals surface area contributed by atoms with Crippen molar-refractivity contribution in [3.8, 4) is 5.75 Å². The van der Waals surface area contributed by atoms with Gasteiger partial charge in [0, 0.05) is 17.0 Å². The molecule has 5 heteroatoms. The minimum absolute atomic E-state index is 0.148. The van der Waals surface area contributed by atoms with Crippen molar-refractivity contribution < 1.29 is 14.0 Å². The van der Waals surface area contributed by atoms with Crippen LogP contribution in [0.2, 0.25) is 18.1 Å². The third-order valence-electron chi connectivity index (χ3n) is 4.18. The highest BCUT2D eigenvalue weighted by Gasteiger charge is 2.38. The van der Waals surface area contributed by atoms with E-state index in [1.165, 1.54) is 7.11 Å². The van der Waals surface area contributed by atoms with Crippen LogP contribution < -0.4 is 4.43 Å². The molecule has 0 amide bonds.